The maximum atomic E-state index is 11.8. The van der Waals surface area contributed by atoms with Crippen molar-refractivity contribution in [3.05, 3.63) is 0 Å². The predicted octanol–water partition coefficient (Wildman–Crippen LogP) is -0.328. The molecule has 0 aromatic heterocycles. The molecule has 1 aliphatic rings. The van der Waals surface area contributed by atoms with Gasteiger partial charge in [0.1, 0.15) is 0 Å². The zero-order valence-corrected chi connectivity index (χ0v) is 11.1. The van der Waals surface area contributed by atoms with E-state index in [1.54, 1.807) is 0 Å². The van der Waals surface area contributed by atoms with E-state index in [4.69, 9.17) is 9.94 Å². The van der Waals surface area contributed by atoms with Crippen molar-refractivity contribution in [3.8, 4) is 0 Å². The smallest absolute Gasteiger partial charge is 0.353 e. The number of carbonyl (C=O) groups is 2. The van der Waals surface area contributed by atoms with Crippen LogP contribution in [0.5, 0.6) is 0 Å². The van der Waals surface area contributed by atoms with Gasteiger partial charge in [-0.15, -0.1) is 0 Å². The van der Waals surface area contributed by atoms with E-state index >= 15 is 0 Å². The van der Waals surface area contributed by atoms with Gasteiger partial charge in [0.05, 0.1) is 0 Å². The number of oxime groups is 1. The van der Waals surface area contributed by atoms with Crippen molar-refractivity contribution < 1.29 is 19.5 Å². The highest BCUT2D eigenvalue weighted by atomic mass is 16.6. The molecule has 0 fully saturated rings. The minimum atomic E-state index is -1.15. The molecule has 1 aliphatic heterocycles. The lowest BCUT2D eigenvalue weighted by molar-refractivity contribution is -0.131. The molecular formula is C11H19N3O4. The van der Waals surface area contributed by atoms with Crippen LogP contribution in [0.4, 0.5) is 0 Å². The SMILES string of the molecule is CN(C)C(C)(C)CNC(=O)C1CC(C(=O)O)=NO1. The standard InChI is InChI=1S/C11H19N3O4/c1-11(2,14(3)4)6-12-9(15)8-5-7(10(16)17)13-18-8/h8H,5-6H2,1-4H3,(H,12,15)(H,16,17). The zero-order chi connectivity index (χ0) is 13.9. The van der Waals surface area contributed by atoms with Crippen molar-refractivity contribution in [1.29, 1.82) is 0 Å². The third kappa shape index (κ3) is 3.43. The highest BCUT2D eigenvalue weighted by molar-refractivity contribution is 6.36. The van der Waals surface area contributed by atoms with Crippen LogP contribution in [-0.4, -0.2) is 59.9 Å². The lowest BCUT2D eigenvalue weighted by Gasteiger charge is -2.32. The van der Waals surface area contributed by atoms with E-state index in [2.05, 4.69) is 10.5 Å². The Bertz CT molecular complexity index is 376. The Morgan fingerprint density at radius 1 is 1.56 bits per heavy atom. The van der Waals surface area contributed by atoms with Gasteiger partial charge in [-0.25, -0.2) is 4.79 Å². The summed E-state index contributed by atoms with van der Waals surface area (Å²) in [6.45, 7) is 4.42. The van der Waals surface area contributed by atoms with Gasteiger partial charge >= 0.3 is 5.97 Å². The number of rotatable bonds is 5. The molecule has 2 N–H and O–H groups in total. The Balaban J connectivity index is 2.43. The van der Waals surface area contributed by atoms with Gasteiger partial charge < -0.3 is 20.2 Å². The largest absolute Gasteiger partial charge is 0.477 e. The fraction of sp³-hybridized carbons (Fsp3) is 0.727. The zero-order valence-electron chi connectivity index (χ0n) is 11.1. The molecule has 0 aromatic carbocycles. The Labute approximate surface area is 106 Å². The summed E-state index contributed by atoms with van der Waals surface area (Å²) in [7, 11) is 3.84. The summed E-state index contributed by atoms with van der Waals surface area (Å²) in [6.07, 6.45) is -0.835. The molecule has 0 radical (unpaired) electrons. The normalized spacial score (nSPS) is 19.4. The van der Waals surface area contributed by atoms with E-state index in [0.29, 0.717) is 6.54 Å². The fourth-order valence-corrected chi connectivity index (χ4v) is 1.22. The van der Waals surface area contributed by atoms with Gasteiger partial charge in [0.15, 0.2) is 5.71 Å². The van der Waals surface area contributed by atoms with E-state index in [1.807, 2.05) is 32.8 Å². The first-order valence-electron chi connectivity index (χ1n) is 5.65. The summed E-state index contributed by atoms with van der Waals surface area (Å²) < 4.78 is 0. The molecule has 0 saturated heterocycles. The van der Waals surface area contributed by atoms with Crippen LogP contribution in [0.15, 0.2) is 5.16 Å². The number of nitrogens with zero attached hydrogens (tertiary/aromatic N) is 2. The summed E-state index contributed by atoms with van der Waals surface area (Å²) in [5, 5.41) is 14.8. The Morgan fingerprint density at radius 3 is 2.61 bits per heavy atom. The number of carboxylic acids is 1. The molecular weight excluding hydrogens is 238 g/mol. The Kier molecular flexibility index (Phi) is 4.28. The molecule has 102 valence electrons. The van der Waals surface area contributed by atoms with Gasteiger partial charge in [0, 0.05) is 18.5 Å². The number of hydrogen-bond acceptors (Lipinski definition) is 5. The first-order chi connectivity index (χ1) is 8.24. The van der Waals surface area contributed by atoms with E-state index in [0.717, 1.165) is 0 Å². The second-order valence-electron chi connectivity index (χ2n) is 5.07. The second kappa shape index (κ2) is 5.34. The molecule has 0 aromatic rings. The fourth-order valence-electron chi connectivity index (χ4n) is 1.22. The molecule has 1 heterocycles. The number of likely N-dealkylation sites (N-methyl/N-ethyl adjacent to an activating group) is 1. The Hall–Kier alpha value is -1.63. The van der Waals surface area contributed by atoms with Crippen LogP contribution in [0.2, 0.25) is 0 Å². The average Bonchev–Trinajstić information content (AvgIpc) is 2.75. The number of carbonyl (C=O) groups excluding carboxylic acids is 1. The first-order valence-corrected chi connectivity index (χ1v) is 5.65. The second-order valence-corrected chi connectivity index (χ2v) is 5.07. The minimum Gasteiger partial charge on any atom is -0.477 e. The molecule has 0 saturated carbocycles. The van der Waals surface area contributed by atoms with Gasteiger partial charge in [-0.3, -0.25) is 4.79 Å². The predicted molar refractivity (Wildman–Crippen MR) is 65.3 cm³/mol. The van der Waals surface area contributed by atoms with Crippen LogP contribution in [0.3, 0.4) is 0 Å². The van der Waals surface area contributed by atoms with E-state index < -0.39 is 12.1 Å². The topological polar surface area (TPSA) is 91.2 Å². The lowest BCUT2D eigenvalue weighted by atomic mass is 10.0. The highest BCUT2D eigenvalue weighted by Gasteiger charge is 2.32. The highest BCUT2D eigenvalue weighted by Crippen LogP contribution is 2.12. The van der Waals surface area contributed by atoms with Crippen LogP contribution in [0.1, 0.15) is 20.3 Å². The number of amides is 1. The van der Waals surface area contributed by atoms with Crippen LogP contribution >= 0.6 is 0 Å². The molecule has 7 nitrogen and oxygen atoms in total. The van der Waals surface area contributed by atoms with Crippen molar-refractivity contribution >= 4 is 17.6 Å². The van der Waals surface area contributed by atoms with Crippen molar-refractivity contribution in [3.63, 3.8) is 0 Å². The van der Waals surface area contributed by atoms with E-state index in [-0.39, 0.29) is 23.6 Å². The summed E-state index contributed by atoms with van der Waals surface area (Å²) in [5.74, 6) is -1.50. The summed E-state index contributed by atoms with van der Waals surface area (Å²) in [5.41, 5.74) is -0.313. The van der Waals surface area contributed by atoms with Gasteiger partial charge in [-0.05, 0) is 27.9 Å². The summed E-state index contributed by atoms with van der Waals surface area (Å²) >= 11 is 0. The molecule has 0 bridgehead atoms. The van der Waals surface area contributed by atoms with Gasteiger partial charge in [-0.1, -0.05) is 5.16 Å². The monoisotopic (exact) mass is 257 g/mol. The molecule has 0 spiro atoms. The van der Waals surface area contributed by atoms with Gasteiger partial charge in [0.2, 0.25) is 6.10 Å². The Morgan fingerprint density at radius 2 is 2.17 bits per heavy atom. The lowest BCUT2D eigenvalue weighted by Crippen LogP contribution is -2.50. The molecule has 1 unspecified atom stereocenters. The van der Waals surface area contributed by atoms with E-state index in [1.165, 1.54) is 0 Å². The van der Waals surface area contributed by atoms with Crippen molar-refractivity contribution in [1.82, 2.24) is 10.2 Å². The molecule has 1 rings (SSSR count). The molecule has 0 aliphatic carbocycles. The summed E-state index contributed by atoms with van der Waals surface area (Å²) in [4.78, 5) is 29.2. The third-order valence-corrected chi connectivity index (χ3v) is 3.11. The number of nitrogens with one attached hydrogen (secondary N) is 1. The van der Waals surface area contributed by atoms with Crippen LogP contribution in [0.25, 0.3) is 0 Å². The molecule has 7 heteroatoms. The number of carboxylic acid groups (broad SMARTS) is 1. The maximum absolute atomic E-state index is 11.8. The van der Waals surface area contributed by atoms with Crippen molar-refractivity contribution in [2.75, 3.05) is 20.6 Å². The van der Waals surface area contributed by atoms with Crippen LogP contribution in [0, 0.1) is 0 Å². The van der Waals surface area contributed by atoms with Gasteiger partial charge in [0.25, 0.3) is 5.91 Å². The minimum absolute atomic E-state index is 0.00353. The average molecular weight is 257 g/mol. The quantitative estimate of drug-likeness (QED) is 0.704. The van der Waals surface area contributed by atoms with Crippen LogP contribution in [-0.2, 0) is 14.4 Å². The first kappa shape index (κ1) is 14.4. The molecule has 1 amide bonds. The van der Waals surface area contributed by atoms with Crippen molar-refractivity contribution in [2.24, 2.45) is 5.16 Å². The molecule has 18 heavy (non-hydrogen) atoms. The van der Waals surface area contributed by atoms with Crippen molar-refractivity contribution in [2.45, 2.75) is 31.9 Å². The van der Waals surface area contributed by atoms with E-state index in [9.17, 15) is 9.59 Å². The maximum Gasteiger partial charge on any atom is 0.353 e. The third-order valence-electron chi connectivity index (χ3n) is 3.11. The van der Waals surface area contributed by atoms with Gasteiger partial charge in [-0.2, -0.15) is 0 Å². The summed E-state index contributed by atoms with van der Waals surface area (Å²) in [6, 6.07) is 0. The van der Waals surface area contributed by atoms with Crippen LogP contribution < -0.4 is 5.32 Å². The number of aliphatic carboxylic acids is 1. The molecule has 1 atom stereocenters. The number of hydrogen-bond donors (Lipinski definition) is 2.